The van der Waals surface area contributed by atoms with Crippen LogP contribution in [0.25, 0.3) is 0 Å². The second kappa shape index (κ2) is 10.4. The summed E-state index contributed by atoms with van der Waals surface area (Å²) in [5.74, 6) is 2.35. The number of nitrogens with one attached hydrogen (secondary N) is 1. The molecule has 1 aliphatic heterocycles. The molecule has 1 fully saturated rings. The third-order valence-corrected chi connectivity index (χ3v) is 5.49. The van der Waals surface area contributed by atoms with Crippen molar-refractivity contribution in [2.75, 3.05) is 51.3 Å². The molecule has 0 radical (unpaired) electrons. The first-order chi connectivity index (χ1) is 14.5. The van der Waals surface area contributed by atoms with Crippen LogP contribution in [0.15, 0.2) is 35.3 Å². The summed E-state index contributed by atoms with van der Waals surface area (Å²) in [5, 5.41) is 8.06. The quantitative estimate of drug-likeness (QED) is 0.560. The Labute approximate surface area is 180 Å². The van der Waals surface area contributed by atoms with Crippen molar-refractivity contribution in [3.8, 4) is 5.75 Å². The smallest absolute Gasteiger partial charge is 0.194 e. The van der Waals surface area contributed by atoms with Crippen molar-refractivity contribution in [3.63, 3.8) is 0 Å². The average Bonchev–Trinajstić information content (AvgIpc) is 3.07. The van der Waals surface area contributed by atoms with Crippen LogP contribution in [0.3, 0.4) is 0 Å². The van der Waals surface area contributed by atoms with E-state index in [9.17, 15) is 0 Å². The molecule has 3 rings (SSSR count). The third kappa shape index (κ3) is 5.68. The van der Waals surface area contributed by atoms with Crippen molar-refractivity contribution in [2.45, 2.75) is 34.2 Å². The number of nitrogens with zero attached hydrogens (tertiary/aromatic N) is 5. The molecule has 0 bridgehead atoms. The lowest BCUT2D eigenvalue weighted by Crippen LogP contribution is -2.52. The van der Waals surface area contributed by atoms with E-state index in [-0.39, 0.29) is 0 Å². The highest BCUT2D eigenvalue weighted by Gasteiger charge is 2.20. The third-order valence-electron chi connectivity index (χ3n) is 5.49. The maximum absolute atomic E-state index is 5.27. The van der Waals surface area contributed by atoms with Gasteiger partial charge in [0.05, 0.1) is 12.8 Å². The van der Waals surface area contributed by atoms with Gasteiger partial charge in [0.1, 0.15) is 5.75 Å². The van der Waals surface area contributed by atoms with Crippen molar-refractivity contribution in [1.82, 2.24) is 20.0 Å². The van der Waals surface area contributed by atoms with Gasteiger partial charge in [0.25, 0.3) is 0 Å². The fraction of sp³-hybridized carbons (Fsp3) is 0.565. The Morgan fingerprint density at radius 2 is 1.87 bits per heavy atom. The van der Waals surface area contributed by atoms with Gasteiger partial charge in [-0.25, -0.2) is 0 Å². The predicted molar refractivity (Wildman–Crippen MR) is 124 cm³/mol. The first-order valence-corrected chi connectivity index (χ1v) is 10.9. The predicted octanol–water partition coefficient (Wildman–Crippen LogP) is 2.93. The number of aryl methyl sites for hydroxylation is 2. The van der Waals surface area contributed by atoms with Gasteiger partial charge in [-0.15, -0.1) is 0 Å². The molecule has 1 saturated heterocycles. The van der Waals surface area contributed by atoms with E-state index in [4.69, 9.17) is 9.73 Å². The monoisotopic (exact) mass is 412 g/mol. The van der Waals surface area contributed by atoms with E-state index >= 15 is 0 Å². The summed E-state index contributed by atoms with van der Waals surface area (Å²) in [6, 6.07) is 10.4. The second-order valence-corrected chi connectivity index (χ2v) is 8.08. The van der Waals surface area contributed by atoms with Crippen LogP contribution < -0.4 is 15.0 Å². The van der Waals surface area contributed by atoms with Gasteiger partial charge >= 0.3 is 0 Å². The standard InChI is InChI=1S/C23H36N6O/c1-6-24-23(25-16-18(2)17-29-20(4)15-19(3)26-29)28-13-11-27(12-14-28)21-7-9-22(30-5)10-8-21/h7-10,15,18H,6,11-14,16-17H2,1-5H3,(H,24,25). The molecule has 164 valence electrons. The number of piperazine rings is 1. The van der Waals surface area contributed by atoms with Gasteiger partial charge in [-0.05, 0) is 57.0 Å². The number of aromatic nitrogens is 2. The van der Waals surface area contributed by atoms with E-state index in [2.05, 4.69) is 63.9 Å². The molecule has 0 spiro atoms. The van der Waals surface area contributed by atoms with E-state index in [1.807, 2.05) is 19.1 Å². The maximum atomic E-state index is 5.27. The van der Waals surface area contributed by atoms with E-state index < -0.39 is 0 Å². The van der Waals surface area contributed by atoms with Gasteiger partial charge in [0.15, 0.2) is 5.96 Å². The van der Waals surface area contributed by atoms with Crippen molar-refractivity contribution in [1.29, 1.82) is 0 Å². The molecule has 1 aromatic carbocycles. The normalized spacial score (nSPS) is 16.0. The Morgan fingerprint density at radius 3 is 2.43 bits per heavy atom. The molecule has 7 nitrogen and oxygen atoms in total. The number of anilines is 1. The summed E-state index contributed by atoms with van der Waals surface area (Å²) in [5.41, 5.74) is 3.53. The lowest BCUT2D eigenvalue weighted by molar-refractivity contribution is 0.369. The van der Waals surface area contributed by atoms with Crippen molar-refractivity contribution in [3.05, 3.63) is 41.7 Å². The van der Waals surface area contributed by atoms with E-state index in [0.29, 0.717) is 5.92 Å². The Morgan fingerprint density at radius 1 is 1.17 bits per heavy atom. The Kier molecular flexibility index (Phi) is 7.60. The van der Waals surface area contributed by atoms with Crippen LogP contribution in [-0.2, 0) is 6.54 Å². The minimum atomic E-state index is 0.428. The summed E-state index contributed by atoms with van der Waals surface area (Å²) in [6.45, 7) is 15.0. The summed E-state index contributed by atoms with van der Waals surface area (Å²) in [6.07, 6.45) is 0. The van der Waals surface area contributed by atoms with Crippen LogP contribution in [0.2, 0.25) is 0 Å². The Hall–Kier alpha value is -2.70. The molecule has 30 heavy (non-hydrogen) atoms. The number of hydrogen-bond donors (Lipinski definition) is 1. The Bertz CT molecular complexity index is 821. The van der Waals surface area contributed by atoms with Crippen LogP contribution in [-0.4, -0.2) is 67.0 Å². The molecule has 0 amide bonds. The van der Waals surface area contributed by atoms with Crippen LogP contribution in [0, 0.1) is 19.8 Å². The second-order valence-electron chi connectivity index (χ2n) is 8.08. The zero-order valence-electron chi connectivity index (χ0n) is 19.1. The van der Waals surface area contributed by atoms with Gasteiger partial charge in [0.2, 0.25) is 0 Å². The van der Waals surface area contributed by atoms with E-state index in [1.54, 1.807) is 7.11 Å². The molecular formula is C23H36N6O. The van der Waals surface area contributed by atoms with Crippen LogP contribution >= 0.6 is 0 Å². The SMILES string of the molecule is CCNC(=NCC(C)Cn1nc(C)cc1C)N1CCN(c2ccc(OC)cc2)CC1. The molecule has 1 unspecified atom stereocenters. The highest BCUT2D eigenvalue weighted by atomic mass is 16.5. The highest BCUT2D eigenvalue weighted by molar-refractivity contribution is 5.80. The highest BCUT2D eigenvalue weighted by Crippen LogP contribution is 2.20. The van der Waals surface area contributed by atoms with Crippen LogP contribution in [0.1, 0.15) is 25.2 Å². The number of benzene rings is 1. The average molecular weight is 413 g/mol. The first-order valence-electron chi connectivity index (χ1n) is 10.9. The lowest BCUT2D eigenvalue weighted by Gasteiger charge is -2.37. The molecular weight excluding hydrogens is 376 g/mol. The zero-order valence-corrected chi connectivity index (χ0v) is 19.1. The lowest BCUT2D eigenvalue weighted by atomic mass is 10.2. The minimum absolute atomic E-state index is 0.428. The number of methoxy groups -OCH3 is 1. The number of ether oxygens (including phenoxy) is 1. The van der Waals surface area contributed by atoms with Gasteiger partial charge in [-0.3, -0.25) is 9.67 Å². The minimum Gasteiger partial charge on any atom is -0.497 e. The molecule has 0 aliphatic carbocycles. The molecule has 2 aromatic rings. The van der Waals surface area contributed by atoms with Crippen molar-refractivity contribution >= 4 is 11.6 Å². The van der Waals surface area contributed by atoms with Crippen molar-refractivity contribution < 1.29 is 4.74 Å². The molecule has 7 heteroatoms. The molecule has 0 saturated carbocycles. The van der Waals surface area contributed by atoms with Crippen LogP contribution in [0.4, 0.5) is 5.69 Å². The summed E-state index contributed by atoms with van der Waals surface area (Å²) >= 11 is 0. The fourth-order valence-electron chi connectivity index (χ4n) is 3.85. The topological polar surface area (TPSA) is 57.9 Å². The molecule has 1 aliphatic rings. The Balaban J connectivity index is 1.55. The molecule has 2 heterocycles. The molecule has 1 atom stereocenters. The summed E-state index contributed by atoms with van der Waals surface area (Å²) in [7, 11) is 1.70. The summed E-state index contributed by atoms with van der Waals surface area (Å²) < 4.78 is 7.36. The number of aliphatic imine (C=N–C) groups is 1. The molecule has 1 N–H and O–H groups in total. The fourth-order valence-corrected chi connectivity index (χ4v) is 3.85. The van der Waals surface area contributed by atoms with Crippen LogP contribution in [0.5, 0.6) is 5.75 Å². The first kappa shape index (κ1) is 22.0. The largest absolute Gasteiger partial charge is 0.497 e. The van der Waals surface area contributed by atoms with Gasteiger partial charge in [-0.1, -0.05) is 6.92 Å². The summed E-state index contributed by atoms with van der Waals surface area (Å²) in [4.78, 5) is 9.74. The van der Waals surface area contributed by atoms with Crippen molar-refractivity contribution in [2.24, 2.45) is 10.9 Å². The van der Waals surface area contributed by atoms with Gasteiger partial charge in [0, 0.05) is 57.2 Å². The van der Waals surface area contributed by atoms with Gasteiger partial charge < -0.3 is 19.9 Å². The maximum Gasteiger partial charge on any atom is 0.194 e. The van der Waals surface area contributed by atoms with E-state index in [1.165, 1.54) is 11.4 Å². The zero-order chi connectivity index (χ0) is 21.5. The van der Waals surface area contributed by atoms with E-state index in [0.717, 1.165) is 63.2 Å². The number of guanidine groups is 1. The number of rotatable bonds is 7. The number of hydrogen-bond acceptors (Lipinski definition) is 4. The molecule has 1 aromatic heterocycles. The van der Waals surface area contributed by atoms with Gasteiger partial charge in [-0.2, -0.15) is 5.10 Å².